The highest BCUT2D eigenvalue weighted by Crippen LogP contribution is 2.23. The van der Waals surface area contributed by atoms with E-state index in [1.54, 1.807) is 7.11 Å². The zero-order valence-corrected chi connectivity index (χ0v) is 14.0. The highest BCUT2D eigenvalue weighted by Gasteiger charge is 2.15. The molecule has 0 aliphatic rings. The van der Waals surface area contributed by atoms with Gasteiger partial charge in [0, 0.05) is 11.8 Å². The molecule has 0 saturated heterocycles. The molecule has 0 saturated carbocycles. The number of nitrogens with zero attached hydrogens (tertiary/aromatic N) is 1. The number of para-hydroxylation sites is 1. The smallest absolute Gasteiger partial charge is 0.153 e. The van der Waals surface area contributed by atoms with Crippen LogP contribution in [-0.4, -0.2) is 12.8 Å². The van der Waals surface area contributed by atoms with Crippen LogP contribution in [0.3, 0.4) is 0 Å². The van der Waals surface area contributed by atoms with Gasteiger partial charge in [-0.1, -0.05) is 41.1 Å². The van der Waals surface area contributed by atoms with Crippen LogP contribution in [0.1, 0.15) is 28.0 Å². The summed E-state index contributed by atoms with van der Waals surface area (Å²) >= 11 is 0. The Hall–Kier alpha value is -2.55. The Morgan fingerprint density at radius 2 is 1.74 bits per heavy atom. The maximum Gasteiger partial charge on any atom is 0.153 e. The quantitative estimate of drug-likeness (QED) is 0.505. The van der Waals surface area contributed by atoms with E-state index in [1.165, 1.54) is 22.3 Å². The molecular weight excluding hydrogens is 286 g/mol. The van der Waals surface area contributed by atoms with Crippen molar-refractivity contribution in [1.82, 2.24) is 0 Å². The Morgan fingerprint density at radius 1 is 1.04 bits per heavy atom. The third-order valence-corrected chi connectivity index (χ3v) is 4.10. The second-order valence-corrected chi connectivity index (χ2v) is 5.92. The molecule has 0 amide bonds. The Balaban J connectivity index is 2.02. The first-order valence-corrected chi connectivity index (χ1v) is 7.74. The summed E-state index contributed by atoms with van der Waals surface area (Å²) in [5.74, 6) is 0.757. The molecule has 1 aromatic heterocycles. The van der Waals surface area contributed by atoms with Gasteiger partial charge in [-0.15, -0.1) is 0 Å². The summed E-state index contributed by atoms with van der Waals surface area (Å²) in [5.41, 5.74) is 6.75. The van der Waals surface area contributed by atoms with Gasteiger partial charge >= 0.3 is 0 Å². The van der Waals surface area contributed by atoms with Crippen molar-refractivity contribution in [1.29, 1.82) is 0 Å². The molecule has 0 radical (unpaired) electrons. The lowest BCUT2D eigenvalue weighted by Gasteiger charge is -2.11. The zero-order valence-electron chi connectivity index (χ0n) is 14.0. The van der Waals surface area contributed by atoms with Crippen molar-refractivity contribution in [2.75, 3.05) is 7.11 Å². The molecule has 3 aromatic rings. The van der Waals surface area contributed by atoms with Crippen molar-refractivity contribution in [2.45, 2.75) is 27.2 Å². The summed E-state index contributed by atoms with van der Waals surface area (Å²) in [6.45, 7) is 6.39. The second kappa shape index (κ2) is 6.29. The third kappa shape index (κ3) is 3.14. The lowest BCUT2D eigenvalue weighted by molar-refractivity contribution is 0.212. The van der Waals surface area contributed by atoms with Gasteiger partial charge in [0.05, 0.1) is 0 Å². The number of fused-ring (bicyclic) bond motifs is 1. The van der Waals surface area contributed by atoms with Crippen LogP contribution in [0.15, 0.2) is 52.0 Å². The fraction of sp³-hybridized carbons (Fsp3) is 0.250. The summed E-state index contributed by atoms with van der Waals surface area (Å²) in [6.07, 6.45) is 0.686. The minimum atomic E-state index is 0.686. The van der Waals surface area contributed by atoms with Crippen molar-refractivity contribution in [2.24, 2.45) is 5.16 Å². The number of benzene rings is 2. The molecule has 0 aliphatic carbocycles. The van der Waals surface area contributed by atoms with Crippen LogP contribution in [0.2, 0.25) is 0 Å². The molecule has 0 unspecified atom stereocenters. The molecule has 3 heteroatoms. The number of hydrogen-bond acceptors (Lipinski definition) is 3. The monoisotopic (exact) mass is 307 g/mol. The second-order valence-electron chi connectivity index (χ2n) is 5.92. The summed E-state index contributed by atoms with van der Waals surface area (Å²) in [4.78, 5) is 5.06. The number of rotatable bonds is 4. The molecule has 1 heterocycles. The standard InChI is InChI=1S/C20H21NO2/c1-13-9-14(2)17(15(3)10-13)12-18(21-22-4)20-11-16-7-5-6-8-19(16)23-20/h5-11H,12H2,1-4H3/b21-18+. The number of oxime groups is 1. The van der Waals surface area contributed by atoms with E-state index in [0.29, 0.717) is 6.42 Å². The predicted molar refractivity (Wildman–Crippen MR) is 94.1 cm³/mol. The SMILES string of the molecule is CO/N=C(\Cc1c(C)cc(C)cc1C)c1cc2ccccc2o1. The van der Waals surface area contributed by atoms with Gasteiger partial charge in [-0.3, -0.25) is 0 Å². The minimum absolute atomic E-state index is 0.686. The van der Waals surface area contributed by atoms with E-state index < -0.39 is 0 Å². The van der Waals surface area contributed by atoms with Crippen molar-refractivity contribution >= 4 is 16.7 Å². The molecule has 118 valence electrons. The predicted octanol–water partition coefficient (Wildman–Crippen LogP) is 4.95. The van der Waals surface area contributed by atoms with Crippen LogP contribution in [0.4, 0.5) is 0 Å². The molecule has 0 fully saturated rings. The summed E-state index contributed by atoms with van der Waals surface area (Å²) in [6, 6.07) is 14.4. The van der Waals surface area contributed by atoms with Gasteiger partial charge < -0.3 is 9.25 Å². The lowest BCUT2D eigenvalue weighted by atomic mass is 9.95. The van der Waals surface area contributed by atoms with Gasteiger partial charge in [0.15, 0.2) is 5.76 Å². The Kier molecular flexibility index (Phi) is 4.20. The Bertz CT molecular complexity index is 818. The van der Waals surface area contributed by atoms with Gasteiger partial charge in [0.25, 0.3) is 0 Å². The first-order chi connectivity index (χ1) is 11.1. The molecule has 3 rings (SSSR count). The van der Waals surface area contributed by atoms with Crippen LogP contribution in [0.5, 0.6) is 0 Å². The van der Waals surface area contributed by atoms with E-state index >= 15 is 0 Å². The van der Waals surface area contributed by atoms with Crippen molar-refractivity contribution in [3.63, 3.8) is 0 Å². The lowest BCUT2D eigenvalue weighted by Crippen LogP contribution is -2.08. The third-order valence-electron chi connectivity index (χ3n) is 4.10. The summed E-state index contributed by atoms with van der Waals surface area (Å²) < 4.78 is 5.95. The molecule has 0 N–H and O–H groups in total. The average Bonchev–Trinajstić information content (AvgIpc) is 2.93. The normalized spacial score (nSPS) is 11.9. The molecule has 0 spiro atoms. The van der Waals surface area contributed by atoms with Crippen LogP contribution in [0, 0.1) is 20.8 Å². The molecule has 2 aromatic carbocycles. The molecule has 0 atom stereocenters. The first kappa shape index (κ1) is 15.3. The molecule has 0 bridgehead atoms. The van der Waals surface area contributed by atoms with Crippen LogP contribution >= 0.6 is 0 Å². The number of hydrogen-bond donors (Lipinski definition) is 0. The molecular formula is C20H21NO2. The molecule has 0 aliphatic heterocycles. The summed E-state index contributed by atoms with van der Waals surface area (Å²) in [5, 5.41) is 5.29. The highest BCUT2D eigenvalue weighted by atomic mass is 16.6. The van der Waals surface area contributed by atoms with Crippen molar-refractivity contribution in [3.05, 3.63) is 70.5 Å². The van der Waals surface area contributed by atoms with E-state index in [-0.39, 0.29) is 0 Å². The fourth-order valence-electron chi connectivity index (χ4n) is 3.05. The van der Waals surface area contributed by atoms with Gasteiger partial charge in [-0.2, -0.15) is 0 Å². The Labute approximate surface area is 136 Å². The fourth-order valence-corrected chi connectivity index (χ4v) is 3.05. The number of furan rings is 1. The van der Waals surface area contributed by atoms with E-state index in [9.17, 15) is 0 Å². The van der Waals surface area contributed by atoms with E-state index in [2.05, 4.69) is 38.1 Å². The topological polar surface area (TPSA) is 34.7 Å². The van der Waals surface area contributed by atoms with Crippen LogP contribution < -0.4 is 0 Å². The van der Waals surface area contributed by atoms with Crippen LogP contribution in [-0.2, 0) is 11.3 Å². The number of aryl methyl sites for hydroxylation is 3. The highest BCUT2D eigenvalue weighted by molar-refractivity contribution is 6.02. The first-order valence-electron chi connectivity index (χ1n) is 7.74. The van der Waals surface area contributed by atoms with Crippen LogP contribution in [0.25, 0.3) is 11.0 Å². The van der Waals surface area contributed by atoms with E-state index in [4.69, 9.17) is 9.25 Å². The molecule has 23 heavy (non-hydrogen) atoms. The van der Waals surface area contributed by atoms with Gasteiger partial charge in [-0.25, -0.2) is 0 Å². The van der Waals surface area contributed by atoms with Gasteiger partial charge in [0.2, 0.25) is 0 Å². The van der Waals surface area contributed by atoms with Crippen molar-refractivity contribution < 1.29 is 9.25 Å². The maximum atomic E-state index is 5.95. The van der Waals surface area contributed by atoms with E-state index in [1.807, 2.05) is 30.3 Å². The minimum Gasteiger partial charge on any atom is -0.455 e. The van der Waals surface area contributed by atoms with Gasteiger partial charge in [0.1, 0.15) is 18.4 Å². The molecule has 3 nitrogen and oxygen atoms in total. The zero-order chi connectivity index (χ0) is 16.4. The Morgan fingerprint density at radius 3 is 2.39 bits per heavy atom. The maximum absolute atomic E-state index is 5.95. The summed E-state index contributed by atoms with van der Waals surface area (Å²) in [7, 11) is 1.57. The van der Waals surface area contributed by atoms with Crippen molar-refractivity contribution in [3.8, 4) is 0 Å². The van der Waals surface area contributed by atoms with E-state index in [0.717, 1.165) is 22.4 Å². The largest absolute Gasteiger partial charge is 0.455 e. The average molecular weight is 307 g/mol. The van der Waals surface area contributed by atoms with Gasteiger partial charge in [-0.05, 0) is 49.6 Å².